The Morgan fingerprint density at radius 2 is 1.64 bits per heavy atom. The van der Waals surface area contributed by atoms with Crippen LogP contribution in [0.3, 0.4) is 0 Å². The summed E-state index contributed by atoms with van der Waals surface area (Å²) in [6.07, 6.45) is -0.432. The summed E-state index contributed by atoms with van der Waals surface area (Å²) in [5, 5.41) is 0.117. The van der Waals surface area contributed by atoms with Gasteiger partial charge in [0, 0.05) is 49.1 Å². The lowest BCUT2D eigenvalue weighted by atomic mass is 9.93. The van der Waals surface area contributed by atoms with Gasteiger partial charge in [0.2, 0.25) is 5.91 Å². The maximum absolute atomic E-state index is 13.6. The topological polar surface area (TPSA) is 43.9 Å². The van der Waals surface area contributed by atoms with Crippen molar-refractivity contribution in [1.82, 2.24) is 14.7 Å². The molecular formula is C29H32Cl2F3N3O2. The summed E-state index contributed by atoms with van der Waals surface area (Å²) in [4.78, 5) is 32.8. The Bertz CT molecular complexity index is 1210. The van der Waals surface area contributed by atoms with Crippen molar-refractivity contribution in [3.63, 3.8) is 0 Å². The molecule has 0 spiro atoms. The third-order valence-electron chi connectivity index (χ3n) is 8.39. The second-order valence-electron chi connectivity index (χ2n) is 11.1. The largest absolute Gasteiger partial charge is 0.417 e. The molecule has 2 amide bonds. The van der Waals surface area contributed by atoms with Crippen molar-refractivity contribution >= 4 is 35.0 Å². The number of benzene rings is 2. The Hall–Kier alpha value is -2.29. The molecule has 3 aliphatic rings. The van der Waals surface area contributed by atoms with E-state index in [2.05, 4.69) is 4.90 Å². The van der Waals surface area contributed by atoms with E-state index in [0.717, 1.165) is 56.1 Å². The van der Waals surface area contributed by atoms with Crippen LogP contribution in [-0.4, -0.2) is 72.3 Å². The number of alkyl halides is 3. The quantitative estimate of drug-likeness (QED) is 0.408. The minimum atomic E-state index is -4.68. The van der Waals surface area contributed by atoms with E-state index in [-0.39, 0.29) is 23.3 Å². The van der Waals surface area contributed by atoms with Gasteiger partial charge in [0.25, 0.3) is 5.91 Å². The van der Waals surface area contributed by atoms with Gasteiger partial charge in [-0.3, -0.25) is 9.59 Å². The molecule has 5 rings (SSSR count). The highest BCUT2D eigenvalue weighted by molar-refractivity contribution is 6.31. The summed E-state index contributed by atoms with van der Waals surface area (Å²) < 4.78 is 40.3. The Balaban J connectivity index is 1.34. The molecule has 210 valence electrons. The number of nitrogens with zero attached hydrogens (tertiary/aromatic N) is 3. The van der Waals surface area contributed by atoms with Gasteiger partial charge in [0.05, 0.1) is 16.6 Å². The number of hydrogen-bond acceptors (Lipinski definition) is 3. The van der Waals surface area contributed by atoms with E-state index in [1.807, 2.05) is 17.0 Å². The molecule has 0 N–H and O–H groups in total. The lowest BCUT2D eigenvalue weighted by molar-refractivity contribution is -0.137. The van der Waals surface area contributed by atoms with E-state index in [9.17, 15) is 22.8 Å². The number of halogens is 5. The molecule has 2 heterocycles. The number of rotatable bonds is 6. The van der Waals surface area contributed by atoms with Crippen molar-refractivity contribution in [1.29, 1.82) is 0 Å². The number of piperidine rings is 1. The van der Waals surface area contributed by atoms with Crippen molar-refractivity contribution in [2.45, 2.75) is 43.8 Å². The second-order valence-corrected chi connectivity index (χ2v) is 11.9. The Morgan fingerprint density at radius 3 is 2.26 bits per heavy atom. The molecule has 0 aromatic heterocycles. The van der Waals surface area contributed by atoms with Crippen molar-refractivity contribution in [2.24, 2.45) is 11.8 Å². The van der Waals surface area contributed by atoms with E-state index in [4.69, 9.17) is 23.2 Å². The molecule has 1 saturated carbocycles. The first-order chi connectivity index (χ1) is 18.5. The molecule has 2 aromatic carbocycles. The molecule has 5 nitrogen and oxygen atoms in total. The van der Waals surface area contributed by atoms with Crippen LogP contribution in [0.15, 0.2) is 42.5 Å². The molecule has 39 heavy (non-hydrogen) atoms. The molecular weight excluding hydrogens is 550 g/mol. The first-order valence-electron chi connectivity index (χ1n) is 13.4. The van der Waals surface area contributed by atoms with Gasteiger partial charge in [-0.2, -0.15) is 13.2 Å². The zero-order chi connectivity index (χ0) is 27.9. The van der Waals surface area contributed by atoms with Crippen LogP contribution in [0.4, 0.5) is 13.2 Å². The van der Waals surface area contributed by atoms with Gasteiger partial charge < -0.3 is 14.7 Å². The maximum atomic E-state index is 13.6. The van der Waals surface area contributed by atoms with Gasteiger partial charge in [-0.15, -0.1) is 0 Å². The van der Waals surface area contributed by atoms with Gasteiger partial charge in [-0.1, -0.05) is 35.3 Å². The van der Waals surface area contributed by atoms with Crippen molar-refractivity contribution in [2.75, 3.05) is 39.8 Å². The third kappa shape index (κ3) is 6.39. The van der Waals surface area contributed by atoms with E-state index in [1.54, 1.807) is 19.2 Å². The van der Waals surface area contributed by atoms with Gasteiger partial charge in [-0.25, -0.2) is 0 Å². The third-order valence-corrected chi connectivity index (χ3v) is 8.97. The van der Waals surface area contributed by atoms with Crippen LogP contribution in [0.5, 0.6) is 0 Å². The first-order valence-corrected chi connectivity index (χ1v) is 14.2. The molecule has 2 aromatic rings. The SMILES string of the molecule is CN(C(=O)c1ccc(Cl)c(C(F)(F)F)c1)[C@@H]1CN(C(=O)C2CCN(CC3CC3)CC2)CC1c1ccc(Cl)cc1. The summed E-state index contributed by atoms with van der Waals surface area (Å²) in [5.74, 6) is 0.0943. The Morgan fingerprint density at radius 1 is 0.974 bits per heavy atom. The summed E-state index contributed by atoms with van der Waals surface area (Å²) in [6, 6.07) is 10.1. The number of carbonyl (C=O) groups is 2. The van der Waals surface area contributed by atoms with E-state index < -0.39 is 28.7 Å². The summed E-state index contributed by atoms with van der Waals surface area (Å²) in [7, 11) is 1.59. The van der Waals surface area contributed by atoms with Gasteiger partial charge in [-0.05, 0) is 80.6 Å². The van der Waals surface area contributed by atoms with Crippen LogP contribution >= 0.6 is 23.2 Å². The highest BCUT2D eigenvalue weighted by Crippen LogP contribution is 2.37. The van der Waals surface area contributed by atoms with Crippen LogP contribution < -0.4 is 0 Å². The number of likely N-dealkylation sites (tertiary alicyclic amines) is 2. The van der Waals surface area contributed by atoms with Crippen LogP contribution in [0.25, 0.3) is 0 Å². The van der Waals surface area contributed by atoms with Crippen molar-refractivity contribution in [3.05, 3.63) is 69.2 Å². The van der Waals surface area contributed by atoms with Crippen LogP contribution in [0, 0.1) is 11.8 Å². The standard InChI is InChI=1S/C29H32Cl2F3N3O2/c1-35(27(38)21-6-9-25(31)24(14-21)29(32,33)34)26-17-37(16-23(26)19-4-7-22(30)8-5-19)28(39)20-10-12-36(13-11-20)15-18-2-3-18/h4-9,14,18,20,23,26H,2-3,10-13,15-17H2,1H3/t23?,26-/m1/s1. The van der Waals surface area contributed by atoms with Gasteiger partial charge in [0.15, 0.2) is 0 Å². The second kappa shape index (κ2) is 11.3. The van der Waals surface area contributed by atoms with Crippen LogP contribution in [0.1, 0.15) is 53.1 Å². The minimum Gasteiger partial charge on any atom is -0.340 e. The molecule has 0 bridgehead atoms. The summed E-state index contributed by atoms with van der Waals surface area (Å²) in [5.41, 5.74) is -0.225. The molecule has 3 fully saturated rings. The minimum absolute atomic E-state index is 0.0586. The molecule has 0 radical (unpaired) electrons. The fraction of sp³-hybridized carbons (Fsp3) is 0.517. The zero-order valence-corrected chi connectivity index (χ0v) is 23.3. The van der Waals surface area contributed by atoms with E-state index in [0.29, 0.717) is 18.1 Å². The lowest BCUT2D eigenvalue weighted by Gasteiger charge is -2.33. The van der Waals surface area contributed by atoms with Gasteiger partial charge in [0.1, 0.15) is 0 Å². The average molecular weight is 582 g/mol. The highest BCUT2D eigenvalue weighted by Gasteiger charge is 2.43. The van der Waals surface area contributed by atoms with Crippen LogP contribution in [0.2, 0.25) is 10.0 Å². The average Bonchev–Trinajstić information content (AvgIpc) is 3.62. The van der Waals surface area contributed by atoms with Gasteiger partial charge >= 0.3 is 6.18 Å². The maximum Gasteiger partial charge on any atom is 0.417 e. The van der Waals surface area contributed by atoms with Crippen molar-refractivity contribution < 1.29 is 22.8 Å². The normalized spacial score (nSPS) is 22.8. The summed E-state index contributed by atoms with van der Waals surface area (Å²) >= 11 is 11.9. The monoisotopic (exact) mass is 581 g/mol. The Labute approximate surface area is 236 Å². The predicted octanol–water partition coefficient (Wildman–Crippen LogP) is 6.20. The molecule has 1 aliphatic carbocycles. The lowest BCUT2D eigenvalue weighted by Crippen LogP contribution is -2.44. The highest BCUT2D eigenvalue weighted by atomic mass is 35.5. The molecule has 2 saturated heterocycles. The fourth-order valence-electron chi connectivity index (χ4n) is 5.91. The number of carbonyl (C=O) groups excluding carboxylic acids is 2. The Kier molecular flexibility index (Phi) is 8.18. The molecule has 2 atom stereocenters. The van der Waals surface area contributed by atoms with E-state index >= 15 is 0 Å². The van der Waals surface area contributed by atoms with Crippen LogP contribution in [-0.2, 0) is 11.0 Å². The first kappa shape index (κ1) is 28.2. The molecule has 1 unspecified atom stereocenters. The van der Waals surface area contributed by atoms with Crippen molar-refractivity contribution in [3.8, 4) is 0 Å². The summed E-state index contributed by atoms with van der Waals surface area (Å²) in [6.45, 7) is 3.71. The molecule has 2 aliphatic heterocycles. The fourth-order valence-corrected chi connectivity index (χ4v) is 6.26. The molecule has 10 heteroatoms. The number of hydrogen-bond donors (Lipinski definition) is 0. The number of likely N-dealkylation sites (N-methyl/N-ethyl adjacent to an activating group) is 1. The predicted molar refractivity (Wildman–Crippen MR) is 145 cm³/mol. The zero-order valence-electron chi connectivity index (χ0n) is 21.8. The number of amides is 2. The van der Waals surface area contributed by atoms with E-state index in [1.165, 1.54) is 23.8 Å². The smallest absolute Gasteiger partial charge is 0.340 e.